The smallest absolute Gasteiger partial charge is 0.301 e. The van der Waals surface area contributed by atoms with Gasteiger partial charge in [-0.1, -0.05) is 83.0 Å². The van der Waals surface area contributed by atoms with Gasteiger partial charge in [0.25, 0.3) is 5.78 Å². The lowest BCUT2D eigenvalue weighted by molar-refractivity contribution is -0.132. The fraction of sp³-hybridized carbons (Fsp3) is 0.172. The molecule has 1 fully saturated rings. The maximum Gasteiger partial charge on any atom is 0.301 e. The Morgan fingerprint density at radius 3 is 2.39 bits per heavy atom. The second-order valence-electron chi connectivity index (χ2n) is 8.97. The second-order valence-corrected chi connectivity index (χ2v) is 12.4. The monoisotopic (exact) mass is 645 g/mol. The minimum absolute atomic E-state index is 0.119. The van der Waals surface area contributed by atoms with Gasteiger partial charge in [0.05, 0.1) is 18.2 Å². The number of ketones is 1. The topological polar surface area (TPSA) is 92.6 Å². The van der Waals surface area contributed by atoms with Crippen molar-refractivity contribution in [1.29, 1.82) is 0 Å². The van der Waals surface area contributed by atoms with Gasteiger partial charge in [-0.05, 0) is 66.1 Å². The molecule has 7 nitrogen and oxygen atoms in total. The van der Waals surface area contributed by atoms with Gasteiger partial charge in [0.2, 0.25) is 5.13 Å². The van der Waals surface area contributed by atoms with Gasteiger partial charge in [0.1, 0.15) is 11.5 Å². The number of halogens is 3. The third kappa shape index (κ3) is 6.39. The van der Waals surface area contributed by atoms with E-state index in [4.69, 9.17) is 39.5 Å². The Morgan fingerprint density at radius 2 is 1.71 bits per heavy atom. The summed E-state index contributed by atoms with van der Waals surface area (Å²) in [6, 6.07) is 17.8. The molecule has 1 aromatic heterocycles. The third-order valence-electron chi connectivity index (χ3n) is 6.18. The fourth-order valence-electron chi connectivity index (χ4n) is 4.22. The van der Waals surface area contributed by atoms with E-state index in [1.54, 1.807) is 36.4 Å². The molecule has 1 aliphatic heterocycles. The summed E-state index contributed by atoms with van der Waals surface area (Å²) in [4.78, 5) is 28.2. The van der Waals surface area contributed by atoms with Crippen LogP contribution < -0.4 is 9.64 Å². The number of carbonyl (C=O) groups is 2. The summed E-state index contributed by atoms with van der Waals surface area (Å²) in [6.45, 7) is 2.55. The Morgan fingerprint density at radius 1 is 1.00 bits per heavy atom. The molecule has 210 valence electrons. The number of aliphatic hydroxyl groups is 1. The minimum atomic E-state index is -1.06. The van der Waals surface area contributed by atoms with Gasteiger partial charge in [0, 0.05) is 26.4 Å². The van der Waals surface area contributed by atoms with E-state index < -0.39 is 17.7 Å². The highest BCUT2D eigenvalue weighted by Gasteiger charge is 2.49. The molecule has 1 atom stereocenters. The van der Waals surface area contributed by atoms with E-state index in [0.717, 1.165) is 23.3 Å². The Bertz CT molecular complexity index is 1630. The van der Waals surface area contributed by atoms with Gasteiger partial charge in [-0.2, -0.15) is 0 Å². The molecule has 4 aromatic rings. The Kier molecular flexibility index (Phi) is 9.21. The molecule has 0 bridgehead atoms. The lowest BCUT2D eigenvalue weighted by Crippen LogP contribution is -2.29. The van der Waals surface area contributed by atoms with Crippen molar-refractivity contribution < 1.29 is 19.4 Å². The molecule has 0 radical (unpaired) electrons. The number of benzene rings is 3. The van der Waals surface area contributed by atoms with Gasteiger partial charge in [-0.25, -0.2) is 0 Å². The van der Waals surface area contributed by atoms with Crippen LogP contribution in [0.5, 0.6) is 5.75 Å². The predicted molar refractivity (Wildman–Crippen MR) is 164 cm³/mol. The van der Waals surface area contributed by atoms with Crippen molar-refractivity contribution in [2.45, 2.75) is 29.5 Å². The quantitative estimate of drug-likeness (QED) is 0.0644. The van der Waals surface area contributed by atoms with Crippen LogP contribution in [0.1, 0.15) is 36.1 Å². The normalized spacial score (nSPS) is 16.4. The fourth-order valence-corrected chi connectivity index (χ4v) is 6.68. The zero-order valence-corrected chi connectivity index (χ0v) is 25.4. The zero-order valence-electron chi connectivity index (χ0n) is 21.5. The van der Waals surface area contributed by atoms with Crippen LogP contribution in [-0.4, -0.2) is 33.6 Å². The van der Waals surface area contributed by atoms with E-state index in [9.17, 15) is 14.7 Å². The molecule has 5 rings (SSSR count). The van der Waals surface area contributed by atoms with Gasteiger partial charge in [0.15, 0.2) is 4.34 Å². The average Bonchev–Trinajstić information content (AvgIpc) is 3.53. The summed E-state index contributed by atoms with van der Waals surface area (Å²) in [5.74, 6) is -0.828. The van der Waals surface area contributed by atoms with E-state index in [1.165, 1.54) is 22.7 Å². The van der Waals surface area contributed by atoms with Crippen LogP contribution >= 0.6 is 57.9 Å². The van der Waals surface area contributed by atoms with Gasteiger partial charge in [-0.3, -0.25) is 14.5 Å². The predicted octanol–water partition coefficient (Wildman–Crippen LogP) is 8.21. The molecule has 1 unspecified atom stereocenters. The van der Waals surface area contributed by atoms with Crippen LogP contribution in [0.4, 0.5) is 5.13 Å². The first kappa shape index (κ1) is 29.4. The highest BCUT2D eigenvalue weighted by Crippen LogP contribution is 2.46. The number of nitrogens with zero attached hydrogens (tertiary/aromatic N) is 3. The SMILES string of the molecule is CCCOc1ccc(/C(O)=C2/C(=O)C(=O)N(c3nnc(SCc4ccc(Cl)cc4)s3)C2c2ccc(Cl)cc2Cl)cc1. The lowest BCUT2D eigenvalue weighted by atomic mass is 9.95. The van der Waals surface area contributed by atoms with Crippen LogP contribution in [0, 0.1) is 0 Å². The maximum absolute atomic E-state index is 13.5. The molecule has 41 heavy (non-hydrogen) atoms. The standard InChI is InChI=1S/C29H22Cl3N3O4S2/c1-2-13-39-20-10-5-17(6-11-20)25(36)23-24(21-12-9-19(31)14-22(21)32)35(27(38)26(23)37)28-33-34-29(41-28)40-15-16-3-7-18(30)8-4-16/h3-12,14,24,36H,2,13,15H2,1H3/b25-23-. The summed E-state index contributed by atoms with van der Waals surface area (Å²) in [5.41, 5.74) is 1.67. The molecule has 1 N–H and O–H groups in total. The molecular formula is C29H22Cl3N3O4S2. The van der Waals surface area contributed by atoms with Crippen LogP contribution in [0.2, 0.25) is 15.1 Å². The number of ether oxygens (including phenoxy) is 1. The van der Waals surface area contributed by atoms with E-state index in [-0.39, 0.29) is 21.5 Å². The minimum Gasteiger partial charge on any atom is -0.507 e. The number of hydrogen-bond donors (Lipinski definition) is 1. The van der Waals surface area contributed by atoms with Crippen LogP contribution in [0.3, 0.4) is 0 Å². The first-order valence-corrected chi connectivity index (χ1v) is 15.4. The molecule has 0 saturated carbocycles. The summed E-state index contributed by atoms with van der Waals surface area (Å²) >= 11 is 21.3. The molecule has 0 spiro atoms. The Balaban J connectivity index is 1.53. The van der Waals surface area contributed by atoms with Crippen molar-refractivity contribution in [3.63, 3.8) is 0 Å². The van der Waals surface area contributed by atoms with Crippen molar-refractivity contribution in [3.8, 4) is 5.75 Å². The summed E-state index contributed by atoms with van der Waals surface area (Å²) in [6.07, 6.45) is 0.847. The maximum atomic E-state index is 13.5. The van der Waals surface area contributed by atoms with E-state index >= 15 is 0 Å². The number of Topliss-reactive ketones (excluding diaryl/α,β-unsaturated/α-hetero) is 1. The van der Waals surface area contributed by atoms with E-state index in [0.29, 0.717) is 43.6 Å². The number of thioether (sulfide) groups is 1. The summed E-state index contributed by atoms with van der Waals surface area (Å²) < 4.78 is 6.22. The molecule has 1 saturated heterocycles. The number of rotatable bonds is 9. The number of aliphatic hydroxyl groups excluding tert-OH is 1. The lowest BCUT2D eigenvalue weighted by Gasteiger charge is -2.23. The number of anilines is 1. The van der Waals surface area contributed by atoms with Gasteiger partial charge >= 0.3 is 5.91 Å². The van der Waals surface area contributed by atoms with Crippen LogP contribution in [0.15, 0.2) is 76.6 Å². The Hall–Kier alpha value is -3.08. The molecule has 12 heteroatoms. The van der Waals surface area contributed by atoms with Crippen LogP contribution in [-0.2, 0) is 15.3 Å². The molecule has 3 aromatic carbocycles. The highest BCUT2D eigenvalue weighted by molar-refractivity contribution is 8.00. The number of aromatic nitrogens is 2. The number of hydrogen-bond acceptors (Lipinski definition) is 8. The van der Waals surface area contributed by atoms with Crippen molar-refractivity contribution in [2.24, 2.45) is 0 Å². The average molecular weight is 647 g/mol. The number of amides is 1. The van der Waals surface area contributed by atoms with Crippen LogP contribution in [0.25, 0.3) is 5.76 Å². The zero-order chi connectivity index (χ0) is 29.1. The first-order valence-electron chi connectivity index (χ1n) is 12.5. The number of carbonyl (C=O) groups excluding carboxylic acids is 2. The van der Waals surface area contributed by atoms with Crippen molar-refractivity contribution in [1.82, 2.24) is 10.2 Å². The van der Waals surface area contributed by atoms with Gasteiger partial charge < -0.3 is 9.84 Å². The third-order valence-corrected chi connectivity index (χ3v) is 9.12. The van der Waals surface area contributed by atoms with Crippen molar-refractivity contribution in [2.75, 3.05) is 11.5 Å². The van der Waals surface area contributed by atoms with Crippen molar-refractivity contribution >= 4 is 80.5 Å². The Labute approximate surface area is 259 Å². The largest absolute Gasteiger partial charge is 0.507 e. The highest BCUT2D eigenvalue weighted by atomic mass is 35.5. The van der Waals surface area contributed by atoms with E-state index in [2.05, 4.69) is 10.2 Å². The molecule has 0 aliphatic carbocycles. The first-order chi connectivity index (χ1) is 19.8. The second kappa shape index (κ2) is 12.8. The molecule has 1 aliphatic rings. The van der Waals surface area contributed by atoms with Gasteiger partial charge in [-0.15, -0.1) is 10.2 Å². The summed E-state index contributed by atoms with van der Waals surface area (Å²) in [5, 5.41) is 21.3. The van der Waals surface area contributed by atoms with E-state index in [1.807, 2.05) is 31.2 Å². The summed E-state index contributed by atoms with van der Waals surface area (Å²) in [7, 11) is 0. The van der Waals surface area contributed by atoms with Crippen molar-refractivity contribution in [3.05, 3.63) is 104 Å². The molecule has 2 heterocycles. The molecular weight excluding hydrogens is 625 g/mol. The molecule has 1 amide bonds.